The standard InChI is InChI=1S/C24H29N3O2/c1-29-22-7-6-19(15-25-22)24-21-5-3-2-4-18(21)10-13-27(24)23(28)14-20-16-26-11-8-17(20)9-12-26/h2-7,15,17,20,24H,8-14,16H2,1H3/t20-,24-/m1/s1. The van der Waals surface area contributed by atoms with Crippen LogP contribution in [0.2, 0.25) is 0 Å². The average molecular weight is 392 g/mol. The maximum Gasteiger partial charge on any atom is 0.223 e. The first-order chi connectivity index (χ1) is 14.2. The number of pyridine rings is 1. The molecule has 0 saturated carbocycles. The lowest BCUT2D eigenvalue weighted by atomic mass is 9.77. The Hall–Kier alpha value is -2.40. The number of hydrogen-bond donors (Lipinski definition) is 0. The number of methoxy groups -OCH3 is 1. The predicted octanol–water partition coefficient (Wildman–Crippen LogP) is 3.30. The number of amides is 1. The highest BCUT2D eigenvalue weighted by Gasteiger charge is 2.38. The van der Waals surface area contributed by atoms with Crippen molar-refractivity contribution >= 4 is 5.91 Å². The van der Waals surface area contributed by atoms with Crippen molar-refractivity contribution < 1.29 is 9.53 Å². The molecule has 2 atom stereocenters. The van der Waals surface area contributed by atoms with Gasteiger partial charge in [-0.3, -0.25) is 4.79 Å². The molecule has 1 aromatic heterocycles. The van der Waals surface area contributed by atoms with E-state index in [0.717, 1.165) is 31.0 Å². The Morgan fingerprint density at radius 1 is 1.14 bits per heavy atom. The third-order valence-corrected chi connectivity index (χ3v) is 7.12. The van der Waals surface area contributed by atoms with E-state index in [9.17, 15) is 4.79 Å². The van der Waals surface area contributed by atoms with Gasteiger partial charge in [-0.25, -0.2) is 4.98 Å². The topological polar surface area (TPSA) is 45.7 Å². The normalized spacial score (nSPS) is 28.1. The number of ether oxygens (including phenoxy) is 1. The molecule has 5 heteroatoms. The average Bonchev–Trinajstić information content (AvgIpc) is 2.79. The molecule has 29 heavy (non-hydrogen) atoms. The number of piperidine rings is 3. The summed E-state index contributed by atoms with van der Waals surface area (Å²) in [6.07, 6.45) is 5.96. The maximum absolute atomic E-state index is 13.5. The molecule has 0 radical (unpaired) electrons. The number of hydrogen-bond acceptors (Lipinski definition) is 4. The second-order valence-corrected chi connectivity index (χ2v) is 8.67. The van der Waals surface area contributed by atoms with Crippen molar-refractivity contribution in [1.82, 2.24) is 14.8 Å². The summed E-state index contributed by atoms with van der Waals surface area (Å²) in [5.74, 6) is 2.13. The van der Waals surface area contributed by atoms with Crippen LogP contribution in [-0.4, -0.2) is 54.0 Å². The highest BCUT2D eigenvalue weighted by Crippen LogP contribution is 2.38. The van der Waals surface area contributed by atoms with Crippen molar-refractivity contribution in [1.29, 1.82) is 0 Å². The molecule has 3 saturated heterocycles. The van der Waals surface area contributed by atoms with E-state index >= 15 is 0 Å². The number of benzene rings is 1. The van der Waals surface area contributed by atoms with Gasteiger partial charge in [0.25, 0.3) is 0 Å². The van der Waals surface area contributed by atoms with E-state index in [2.05, 4.69) is 39.0 Å². The summed E-state index contributed by atoms with van der Waals surface area (Å²) in [4.78, 5) is 22.6. The number of aromatic nitrogens is 1. The van der Waals surface area contributed by atoms with Crippen molar-refractivity contribution in [3.8, 4) is 5.88 Å². The molecule has 1 aromatic carbocycles. The van der Waals surface area contributed by atoms with Crippen molar-refractivity contribution in [3.05, 3.63) is 59.3 Å². The molecule has 5 heterocycles. The van der Waals surface area contributed by atoms with Gasteiger partial charge in [0.2, 0.25) is 11.8 Å². The third-order valence-electron chi connectivity index (χ3n) is 7.12. The summed E-state index contributed by atoms with van der Waals surface area (Å²) >= 11 is 0. The summed E-state index contributed by atoms with van der Waals surface area (Å²) in [7, 11) is 1.63. The second kappa shape index (κ2) is 7.79. The van der Waals surface area contributed by atoms with Crippen LogP contribution in [0.1, 0.15) is 42.0 Å². The minimum absolute atomic E-state index is 0.0630. The summed E-state index contributed by atoms with van der Waals surface area (Å²) in [5, 5.41) is 0. The molecule has 0 N–H and O–H groups in total. The first-order valence-electron chi connectivity index (χ1n) is 10.8. The zero-order valence-electron chi connectivity index (χ0n) is 17.1. The third kappa shape index (κ3) is 3.52. The van der Waals surface area contributed by atoms with Crippen LogP contribution in [0.3, 0.4) is 0 Å². The molecular formula is C24H29N3O2. The number of nitrogens with zero attached hydrogens (tertiary/aromatic N) is 3. The molecule has 4 aliphatic rings. The highest BCUT2D eigenvalue weighted by atomic mass is 16.5. The number of carbonyl (C=O) groups excluding carboxylic acids is 1. The predicted molar refractivity (Wildman–Crippen MR) is 112 cm³/mol. The fourth-order valence-corrected chi connectivity index (χ4v) is 5.53. The van der Waals surface area contributed by atoms with Crippen LogP contribution < -0.4 is 4.74 Å². The summed E-state index contributed by atoms with van der Waals surface area (Å²) < 4.78 is 5.23. The van der Waals surface area contributed by atoms with Crippen LogP contribution in [0, 0.1) is 11.8 Å². The lowest BCUT2D eigenvalue weighted by Crippen LogP contribution is -2.49. The van der Waals surface area contributed by atoms with Crippen LogP contribution in [0.15, 0.2) is 42.6 Å². The van der Waals surface area contributed by atoms with Crippen LogP contribution in [0.25, 0.3) is 0 Å². The minimum atomic E-state index is -0.0630. The van der Waals surface area contributed by atoms with Crippen LogP contribution >= 0.6 is 0 Å². The van der Waals surface area contributed by atoms with Crippen molar-refractivity contribution in [3.63, 3.8) is 0 Å². The van der Waals surface area contributed by atoms with Gasteiger partial charge in [0, 0.05) is 31.8 Å². The van der Waals surface area contributed by atoms with Crippen molar-refractivity contribution in [2.24, 2.45) is 11.8 Å². The molecule has 2 aromatic rings. The first kappa shape index (κ1) is 18.6. The first-order valence-corrected chi connectivity index (χ1v) is 10.8. The van der Waals surface area contributed by atoms with E-state index in [1.807, 2.05) is 18.3 Å². The zero-order valence-corrected chi connectivity index (χ0v) is 17.1. The lowest BCUT2D eigenvalue weighted by Gasteiger charge is -2.46. The molecule has 6 rings (SSSR count). The Labute approximate surface area is 172 Å². The van der Waals surface area contributed by atoms with E-state index in [-0.39, 0.29) is 6.04 Å². The molecule has 3 fully saturated rings. The van der Waals surface area contributed by atoms with Gasteiger partial charge in [0.15, 0.2) is 0 Å². The van der Waals surface area contributed by atoms with Gasteiger partial charge >= 0.3 is 0 Å². The molecule has 0 unspecified atom stereocenters. The van der Waals surface area contributed by atoms with E-state index < -0.39 is 0 Å². The van der Waals surface area contributed by atoms with E-state index in [1.54, 1.807) is 7.11 Å². The van der Waals surface area contributed by atoms with Gasteiger partial charge < -0.3 is 14.5 Å². The summed E-state index contributed by atoms with van der Waals surface area (Å²) in [5.41, 5.74) is 3.62. The van der Waals surface area contributed by atoms with Crippen molar-refractivity contribution in [2.75, 3.05) is 33.3 Å². The number of carbonyl (C=O) groups is 1. The maximum atomic E-state index is 13.5. The van der Waals surface area contributed by atoms with Gasteiger partial charge in [0.1, 0.15) is 0 Å². The summed E-state index contributed by atoms with van der Waals surface area (Å²) in [6, 6.07) is 12.4. The van der Waals surface area contributed by atoms with Crippen molar-refractivity contribution in [2.45, 2.75) is 31.7 Å². The number of rotatable bonds is 4. The van der Waals surface area contributed by atoms with E-state index in [1.165, 1.54) is 37.1 Å². The molecule has 152 valence electrons. The Kier molecular flexibility index (Phi) is 5.00. The smallest absolute Gasteiger partial charge is 0.223 e. The molecule has 5 nitrogen and oxygen atoms in total. The van der Waals surface area contributed by atoms with Gasteiger partial charge in [-0.2, -0.15) is 0 Å². The fraction of sp³-hybridized carbons (Fsp3) is 0.500. The van der Waals surface area contributed by atoms with Gasteiger partial charge in [0.05, 0.1) is 13.2 Å². The van der Waals surface area contributed by atoms with Crippen LogP contribution in [0.4, 0.5) is 0 Å². The fourth-order valence-electron chi connectivity index (χ4n) is 5.53. The van der Waals surface area contributed by atoms with Gasteiger partial charge in [-0.1, -0.05) is 24.3 Å². The largest absolute Gasteiger partial charge is 0.481 e. The Morgan fingerprint density at radius 3 is 2.66 bits per heavy atom. The Balaban J connectivity index is 1.43. The quantitative estimate of drug-likeness (QED) is 0.802. The Bertz CT molecular complexity index is 874. The van der Waals surface area contributed by atoms with Gasteiger partial charge in [-0.15, -0.1) is 0 Å². The zero-order chi connectivity index (χ0) is 19.8. The highest BCUT2D eigenvalue weighted by molar-refractivity contribution is 5.78. The number of fused-ring (bicyclic) bond motifs is 4. The lowest BCUT2D eigenvalue weighted by molar-refractivity contribution is -0.136. The molecule has 2 bridgehead atoms. The summed E-state index contributed by atoms with van der Waals surface area (Å²) in [6.45, 7) is 4.29. The molecule has 0 aliphatic carbocycles. The minimum Gasteiger partial charge on any atom is -0.481 e. The van der Waals surface area contributed by atoms with Gasteiger partial charge in [-0.05, 0) is 66.9 Å². The molecule has 4 aliphatic heterocycles. The van der Waals surface area contributed by atoms with Crippen LogP contribution in [0.5, 0.6) is 5.88 Å². The molecule has 0 spiro atoms. The SMILES string of the molecule is COc1ccc([C@@H]2c3ccccc3CCN2C(=O)C[C@@H]2CN3CCC2CC3)cn1. The molecular weight excluding hydrogens is 362 g/mol. The van der Waals surface area contributed by atoms with E-state index in [0.29, 0.717) is 24.1 Å². The monoisotopic (exact) mass is 391 g/mol. The Morgan fingerprint density at radius 2 is 1.97 bits per heavy atom. The second-order valence-electron chi connectivity index (χ2n) is 8.67. The van der Waals surface area contributed by atoms with Crippen LogP contribution in [-0.2, 0) is 11.2 Å². The molecule has 1 amide bonds. The van der Waals surface area contributed by atoms with E-state index in [4.69, 9.17) is 4.74 Å².